The fourth-order valence-corrected chi connectivity index (χ4v) is 2.25. The number of rotatable bonds is 5. The Morgan fingerprint density at radius 2 is 1.61 bits per heavy atom. The fraction of sp³-hybridized carbons (Fsp3) is 0.222. The number of carbonyl (C=O) groups is 2. The molecule has 2 aromatic carbocycles. The van der Waals surface area contributed by atoms with Crippen LogP contribution in [0.5, 0.6) is 0 Å². The van der Waals surface area contributed by atoms with Gasteiger partial charge in [-0.1, -0.05) is 36.4 Å². The summed E-state index contributed by atoms with van der Waals surface area (Å²) in [5, 5.41) is 5.28. The number of amides is 2. The van der Waals surface area contributed by atoms with Crippen molar-refractivity contribution in [2.45, 2.75) is 20.3 Å². The Morgan fingerprint density at radius 3 is 2.26 bits per heavy atom. The van der Waals surface area contributed by atoms with Crippen LogP contribution in [0.15, 0.2) is 42.5 Å². The maximum Gasteiger partial charge on any atom is 0.243 e. The summed E-state index contributed by atoms with van der Waals surface area (Å²) in [6.07, 6.45) is -0.0939. The quantitative estimate of drug-likeness (QED) is 0.891. The Bertz CT molecular complexity index is 708. The first-order chi connectivity index (χ1) is 11.0. The van der Waals surface area contributed by atoms with Crippen molar-refractivity contribution in [3.63, 3.8) is 0 Å². The lowest BCUT2D eigenvalue weighted by atomic mass is 10.1. The van der Waals surface area contributed by atoms with Crippen LogP contribution in [0.2, 0.25) is 0 Å². The molecule has 2 N–H and O–H groups in total. The van der Waals surface area contributed by atoms with Crippen LogP contribution in [-0.4, -0.2) is 18.4 Å². The summed E-state index contributed by atoms with van der Waals surface area (Å²) in [4.78, 5) is 23.7. The van der Waals surface area contributed by atoms with E-state index in [-0.39, 0.29) is 18.9 Å². The molecule has 0 aromatic heterocycles. The van der Waals surface area contributed by atoms with Crippen LogP contribution in [0.4, 0.5) is 10.1 Å². The van der Waals surface area contributed by atoms with Crippen molar-refractivity contribution in [2.75, 3.05) is 11.9 Å². The first-order valence-electron chi connectivity index (χ1n) is 7.33. The zero-order valence-electron chi connectivity index (χ0n) is 13.2. The minimum atomic E-state index is -0.428. The molecule has 0 radical (unpaired) electrons. The van der Waals surface area contributed by atoms with Crippen LogP contribution in [-0.2, 0) is 16.0 Å². The van der Waals surface area contributed by atoms with Gasteiger partial charge in [0, 0.05) is 5.69 Å². The van der Waals surface area contributed by atoms with Gasteiger partial charge in [-0.15, -0.1) is 0 Å². The summed E-state index contributed by atoms with van der Waals surface area (Å²) in [5.74, 6) is -1.14. The number of hydrogen-bond acceptors (Lipinski definition) is 2. The van der Waals surface area contributed by atoms with Gasteiger partial charge in [-0.05, 0) is 36.6 Å². The summed E-state index contributed by atoms with van der Waals surface area (Å²) in [6, 6.07) is 11.8. The average molecular weight is 314 g/mol. The molecule has 2 rings (SSSR count). The molecule has 23 heavy (non-hydrogen) atoms. The van der Waals surface area contributed by atoms with Crippen molar-refractivity contribution in [1.29, 1.82) is 0 Å². The molecule has 2 amide bonds. The minimum Gasteiger partial charge on any atom is -0.347 e. The van der Waals surface area contributed by atoms with Crippen LogP contribution in [0.1, 0.15) is 16.7 Å². The molecule has 0 unspecified atom stereocenters. The van der Waals surface area contributed by atoms with E-state index in [0.29, 0.717) is 5.56 Å². The highest BCUT2D eigenvalue weighted by atomic mass is 19.1. The maximum absolute atomic E-state index is 13.5. The Balaban J connectivity index is 1.87. The summed E-state index contributed by atoms with van der Waals surface area (Å²) >= 11 is 0. The highest BCUT2D eigenvalue weighted by molar-refractivity contribution is 5.95. The third-order valence-corrected chi connectivity index (χ3v) is 3.50. The number of benzene rings is 2. The number of hydrogen-bond donors (Lipinski definition) is 2. The molecule has 0 aliphatic carbocycles. The monoisotopic (exact) mass is 314 g/mol. The molecule has 0 atom stereocenters. The standard InChI is InChI=1S/C18H19FN2O2/c1-12-6-5-7-13(2)18(12)21-17(23)11-20-16(22)10-14-8-3-4-9-15(14)19/h3-9H,10-11H2,1-2H3,(H,20,22)(H,21,23). The summed E-state index contributed by atoms with van der Waals surface area (Å²) in [6.45, 7) is 3.65. The number of para-hydroxylation sites is 1. The second kappa shape index (κ2) is 7.54. The van der Waals surface area contributed by atoms with E-state index in [1.807, 2.05) is 32.0 Å². The predicted molar refractivity (Wildman–Crippen MR) is 87.7 cm³/mol. The van der Waals surface area contributed by atoms with Crippen LogP contribution in [0, 0.1) is 19.7 Å². The zero-order valence-corrected chi connectivity index (χ0v) is 13.2. The summed E-state index contributed by atoms with van der Waals surface area (Å²) in [7, 11) is 0. The van der Waals surface area contributed by atoms with Crippen LogP contribution < -0.4 is 10.6 Å². The smallest absolute Gasteiger partial charge is 0.243 e. The van der Waals surface area contributed by atoms with Gasteiger partial charge in [-0.2, -0.15) is 0 Å². The number of halogens is 1. The van der Waals surface area contributed by atoms with Gasteiger partial charge < -0.3 is 10.6 Å². The summed E-state index contributed by atoms with van der Waals surface area (Å²) < 4.78 is 13.5. The molecule has 4 nitrogen and oxygen atoms in total. The molecule has 0 bridgehead atoms. The van der Waals surface area contributed by atoms with E-state index in [1.54, 1.807) is 18.2 Å². The number of aryl methyl sites for hydroxylation is 2. The number of anilines is 1. The Labute approximate surface area is 134 Å². The molecule has 0 fully saturated rings. The van der Waals surface area contributed by atoms with Crippen molar-refractivity contribution in [3.8, 4) is 0 Å². The largest absolute Gasteiger partial charge is 0.347 e. The van der Waals surface area contributed by atoms with Gasteiger partial charge in [0.25, 0.3) is 0 Å². The third-order valence-electron chi connectivity index (χ3n) is 3.50. The second-order valence-electron chi connectivity index (χ2n) is 5.36. The van der Waals surface area contributed by atoms with Gasteiger partial charge in [0.15, 0.2) is 0 Å². The summed E-state index contributed by atoms with van der Waals surface area (Å²) in [5.41, 5.74) is 2.97. The lowest BCUT2D eigenvalue weighted by Gasteiger charge is -2.12. The van der Waals surface area contributed by atoms with Gasteiger partial charge in [-0.25, -0.2) is 4.39 Å². The molecular weight excluding hydrogens is 295 g/mol. The van der Waals surface area contributed by atoms with Gasteiger partial charge in [-0.3, -0.25) is 9.59 Å². The van der Waals surface area contributed by atoms with Gasteiger partial charge >= 0.3 is 0 Å². The molecule has 120 valence electrons. The van der Waals surface area contributed by atoms with Gasteiger partial charge in [0.05, 0.1) is 13.0 Å². The average Bonchev–Trinajstić information content (AvgIpc) is 2.51. The van der Waals surface area contributed by atoms with Crippen molar-refractivity contribution >= 4 is 17.5 Å². The highest BCUT2D eigenvalue weighted by Gasteiger charge is 2.11. The molecule has 2 aromatic rings. The highest BCUT2D eigenvalue weighted by Crippen LogP contribution is 2.18. The maximum atomic E-state index is 13.5. The second-order valence-corrected chi connectivity index (χ2v) is 5.36. The van der Waals surface area contributed by atoms with E-state index in [1.165, 1.54) is 6.07 Å². The van der Waals surface area contributed by atoms with E-state index >= 15 is 0 Å². The minimum absolute atomic E-state index is 0.0939. The molecular formula is C18H19FN2O2. The molecule has 5 heteroatoms. The molecule has 0 saturated heterocycles. The van der Waals surface area contributed by atoms with Crippen molar-refractivity contribution in [2.24, 2.45) is 0 Å². The van der Waals surface area contributed by atoms with Crippen molar-refractivity contribution in [3.05, 3.63) is 65.0 Å². The van der Waals surface area contributed by atoms with Gasteiger partial charge in [0.1, 0.15) is 5.82 Å². The number of nitrogens with one attached hydrogen (secondary N) is 2. The van der Waals surface area contributed by atoms with Crippen LogP contribution in [0.25, 0.3) is 0 Å². The van der Waals surface area contributed by atoms with E-state index in [4.69, 9.17) is 0 Å². The van der Waals surface area contributed by atoms with Gasteiger partial charge in [0.2, 0.25) is 11.8 Å². The first-order valence-corrected chi connectivity index (χ1v) is 7.33. The number of carbonyl (C=O) groups excluding carboxylic acids is 2. The van der Waals surface area contributed by atoms with Crippen molar-refractivity contribution in [1.82, 2.24) is 5.32 Å². The molecule has 0 spiro atoms. The lowest BCUT2D eigenvalue weighted by molar-refractivity contribution is -0.123. The fourth-order valence-electron chi connectivity index (χ4n) is 2.25. The van der Waals surface area contributed by atoms with Crippen LogP contribution in [0.3, 0.4) is 0 Å². The van der Waals surface area contributed by atoms with E-state index < -0.39 is 11.7 Å². The van der Waals surface area contributed by atoms with E-state index in [2.05, 4.69) is 10.6 Å². The van der Waals surface area contributed by atoms with E-state index in [0.717, 1.165) is 16.8 Å². The van der Waals surface area contributed by atoms with E-state index in [9.17, 15) is 14.0 Å². The predicted octanol–water partition coefficient (Wildman–Crippen LogP) is 2.74. The molecule has 0 aliphatic rings. The Morgan fingerprint density at radius 1 is 0.957 bits per heavy atom. The van der Waals surface area contributed by atoms with Crippen molar-refractivity contribution < 1.29 is 14.0 Å². The Kier molecular flexibility index (Phi) is 5.46. The zero-order chi connectivity index (χ0) is 16.8. The third kappa shape index (κ3) is 4.64. The van der Waals surface area contributed by atoms with Crippen LogP contribution >= 0.6 is 0 Å². The first kappa shape index (κ1) is 16.7. The Hall–Kier alpha value is -2.69. The SMILES string of the molecule is Cc1cccc(C)c1NC(=O)CNC(=O)Cc1ccccc1F. The topological polar surface area (TPSA) is 58.2 Å². The molecule has 0 saturated carbocycles. The molecule has 0 aliphatic heterocycles. The lowest BCUT2D eigenvalue weighted by Crippen LogP contribution is -2.34. The molecule has 0 heterocycles. The normalized spacial score (nSPS) is 10.2.